The standard InChI is InChI=1S/C11H12N6O2/c12-9-15-10(13)17-11(16-9)14-4-6-1-2-7-8(3-6)19-5-18-7/h1-3H,4-5H2,(H5,12,13,14,15,16,17). The Bertz CT molecular complexity index is 598. The molecule has 0 unspecified atom stereocenters. The van der Waals surface area contributed by atoms with Crippen LogP contribution in [0.3, 0.4) is 0 Å². The topological polar surface area (TPSA) is 121 Å². The lowest BCUT2D eigenvalue weighted by molar-refractivity contribution is 0.174. The number of fused-ring (bicyclic) bond motifs is 1. The van der Waals surface area contributed by atoms with E-state index < -0.39 is 0 Å². The van der Waals surface area contributed by atoms with Crippen LogP contribution in [0.25, 0.3) is 0 Å². The molecule has 0 bridgehead atoms. The van der Waals surface area contributed by atoms with E-state index in [1.165, 1.54) is 0 Å². The lowest BCUT2D eigenvalue weighted by Gasteiger charge is -2.06. The van der Waals surface area contributed by atoms with Crippen molar-refractivity contribution in [2.45, 2.75) is 6.54 Å². The van der Waals surface area contributed by atoms with Crippen LogP contribution < -0.4 is 26.3 Å². The second-order valence-electron chi connectivity index (χ2n) is 3.92. The van der Waals surface area contributed by atoms with Crippen molar-refractivity contribution in [1.82, 2.24) is 15.0 Å². The van der Waals surface area contributed by atoms with E-state index >= 15 is 0 Å². The van der Waals surface area contributed by atoms with Gasteiger partial charge >= 0.3 is 0 Å². The lowest BCUT2D eigenvalue weighted by atomic mass is 10.2. The van der Waals surface area contributed by atoms with Gasteiger partial charge in [-0.3, -0.25) is 0 Å². The van der Waals surface area contributed by atoms with Gasteiger partial charge in [-0.1, -0.05) is 6.07 Å². The average molecular weight is 260 g/mol. The highest BCUT2D eigenvalue weighted by Gasteiger charge is 2.13. The quantitative estimate of drug-likeness (QED) is 0.724. The summed E-state index contributed by atoms with van der Waals surface area (Å²) >= 11 is 0. The molecule has 2 heterocycles. The fraction of sp³-hybridized carbons (Fsp3) is 0.182. The number of benzene rings is 1. The number of anilines is 3. The molecule has 1 aromatic carbocycles. The van der Waals surface area contributed by atoms with Crippen LogP contribution in [0, 0.1) is 0 Å². The van der Waals surface area contributed by atoms with Crippen LogP contribution in [0.5, 0.6) is 11.5 Å². The molecule has 19 heavy (non-hydrogen) atoms. The first-order valence-electron chi connectivity index (χ1n) is 5.60. The first-order valence-corrected chi connectivity index (χ1v) is 5.60. The summed E-state index contributed by atoms with van der Waals surface area (Å²) in [7, 11) is 0. The van der Waals surface area contributed by atoms with Gasteiger partial charge in [0.25, 0.3) is 0 Å². The molecule has 98 valence electrons. The minimum atomic E-state index is 0.0840. The van der Waals surface area contributed by atoms with Crippen molar-refractivity contribution in [2.24, 2.45) is 0 Å². The third-order valence-electron chi connectivity index (χ3n) is 2.56. The zero-order chi connectivity index (χ0) is 13.2. The van der Waals surface area contributed by atoms with Crippen molar-refractivity contribution in [3.05, 3.63) is 23.8 Å². The Morgan fingerprint density at radius 3 is 2.58 bits per heavy atom. The number of nitrogen functional groups attached to an aromatic ring is 2. The summed E-state index contributed by atoms with van der Waals surface area (Å²) in [5.41, 5.74) is 12.0. The monoisotopic (exact) mass is 260 g/mol. The molecule has 0 radical (unpaired) electrons. The Labute approximate surface area is 108 Å². The fourth-order valence-corrected chi connectivity index (χ4v) is 1.72. The molecule has 0 fully saturated rings. The van der Waals surface area contributed by atoms with Gasteiger partial charge in [0.05, 0.1) is 0 Å². The van der Waals surface area contributed by atoms with E-state index in [1.807, 2.05) is 18.2 Å². The number of rotatable bonds is 3. The van der Waals surface area contributed by atoms with Crippen molar-refractivity contribution < 1.29 is 9.47 Å². The van der Waals surface area contributed by atoms with Crippen LogP contribution in [0.2, 0.25) is 0 Å². The highest BCUT2D eigenvalue weighted by Crippen LogP contribution is 2.32. The number of ether oxygens (including phenoxy) is 2. The largest absolute Gasteiger partial charge is 0.454 e. The van der Waals surface area contributed by atoms with E-state index in [9.17, 15) is 0 Å². The minimum absolute atomic E-state index is 0.0840. The molecule has 3 rings (SSSR count). The molecule has 0 saturated heterocycles. The van der Waals surface area contributed by atoms with Gasteiger partial charge in [0, 0.05) is 6.54 Å². The summed E-state index contributed by atoms with van der Waals surface area (Å²) in [5, 5.41) is 3.02. The molecule has 1 aromatic heterocycles. The van der Waals surface area contributed by atoms with Crippen LogP contribution in [-0.4, -0.2) is 21.7 Å². The second kappa shape index (κ2) is 4.48. The van der Waals surface area contributed by atoms with Gasteiger partial charge in [0.1, 0.15) is 0 Å². The first-order chi connectivity index (χ1) is 9.20. The molecule has 5 N–H and O–H groups in total. The summed E-state index contributed by atoms with van der Waals surface area (Å²) < 4.78 is 10.5. The molecular formula is C11H12N6O2. The van der Waals surface area contributed by atoms with Gasteiger partial charge < -0.3 is 26.3 Å². The summed E-state index contributed by atoms with van der Waals surface area (Å²) in [5.74, 6) is 1.98. The van der Waals surface area contributed by atoms with E-state index in [-0.39, 0.29) is 18.7 Å². The van der Waals surface area contributed by atoms with Crippen molar-refractivity contribution in [3.8, 4) is 11.5 Å². The van der Waals surface area contributed by atoms with Crippen LogP contribution in [0.15, 0.2) is 18.2 Å². The predicted octanol–water partition coefficient (Wildman–Crippen LogP) is 0.377. The van der Waals surface area contributed by atoms with Crippen LogP contribution in [0.1, 0.15) is 5.56 Å². The number of nitrogens with two attached hydrogens (primary N) is 2. The molecule has 1 aliphatic heterocycles. The number of hydrogen-bond donors (Lipinski definition) is 3. The Balaban J connectivity index is 1.72. The maximum Gasteiger partial charge on any atom is 0.231 e. The smallest absolute Gasteiger partial charge is 0.231 e. The summed E-state index contributed by atoms with van der Waals surface area (Å²) in [6.07, 6.45) is 0. The van der Waals surface area contributed by atoms with E-state index in [2.05, 4.69) is 20.3 Å². The summed E-state index contributed by atoms with van der Waals surface area (Å²) in [4.78, 5) is 11.6. The zero-order valence-electron chi connectivity index (χ0n) is 9.96. The Morgan fingerprint density at radius 1 is 1.05 bits per heavy atom. The second-order valence-corrected chi connectivity index (χ2v) is 3.92. The number of hydrogen-bond acceptors (Lipinski definition) is 8. The van der Waals surface area contributed by atoms with E-state index in [0.717, 1.165) is 17.1 Å². The Kier molecular flexibility index (Phi) is 2.67. The van der Waals surface area contributed by atoms with Crippen LogP contribution in [-0.2, 0) is 6.54 Å². The Morgan fingerprint density at radius 2 is 1.79 bits per heavy atom. The molecular weight excluding hydrogens is 248 g/mol. The van der Waals surface area contributed by atoms with Gasteiger partial charge in [-0.15, -0.1) is 0 Å². The van der Waals surface area contributed by atoms with Crippen LogP contribution >= 0.6 is 0 Å². The highest BCUT2D eigenvalue weighted by atomic mass is 16.7. The molecule has 0 aliphatic carbocycles. The van der Waals surface area contributed by atoms with Gasteiger partial charge in [0.15, 0.2) is 11.5 Å². The maximum atomic E-state index is 5.48. The van der Waals surface area contributed by atoms with Gasteiger partial charge in [0.2, 0.25) is 24.6 Å². The number of aromatic nitrogens is 3. The van der Waals surface area contributed by atoms with Crippen LogP contribution in [0.4, 0.5) is 17.8 Å². The van der Waals surface area contributed by atoms with Gasteiger partial charge in [-0.05, 0) is 17.7 Å². The third-order valence-corrected chi connectivity index (χ3v) is 2.56. The Hall–Kier alpha value is -2.77. The van der Waals surface area contributed by atoms with E-state index in [4.69, 9.17) is 20.9 Å². The SMILES string of the molecule is Nc1nc(N)nc(NCc2ccc3c(c2)OCO3)n1. The summed E-state index contributed by atoms with van der Waals surface area (Å²) in [6, 6.07) is 5.67. The molecule has 0 saturated carbocycles. The zero-order valence-corrected chi connectivity index (χ0v) is 9.96. The lowest BCUT2D eigenvalue weighted by Crippen LogP contribution is -2.09. The van der Waals surface area contributed by atoms with Gasteiger partial charge in [-0.25, -0.2) is 0 Å². The van der Waals surface area contributed by atoms with Crippen molar-refractivity contribution in [2.75, 3.05) is 23.6 Å². The molecule has 1 aliphatic rings. The first kappa shape index (κ1) is 11.3. The molecule has 2 aromatic rings. The van der Waals surface area contributed by atoms with E-state index in [0.29, 0.717) is 12.5 Å². The molecule has 0 amide bonds. The fourth-order valence-electron chi connectivity index (χ4n) is 1.72. The third kappa shape index (κ3) is 2.41. The van der Waals surface area contributed by atoms with E-state index in [1.54, 1.807) is 0 Å². The van der Waals surface area contributed by atoms with Gasteiger partial charge in [-0.2, -0.15) is 15.0 Å². The molecule has 8 heteroatoms. The molecule has 0 atom stereocenters. The predicted molar refractivity (Wildman–Crippen MR) is 68.5 cm³/mol. The van der Waals surface area contributed by atoms with Crippen molar-refractivity contribution >= 4 is 17.8 Å². The highest BCUT2D eigenvalue weighted by molar-refractivity contribution is 5.45. The van der Waals surface area contributed by atoms with Crippen molar-refractivity contribution in [1.29, 1.82) is 0 Å². The maximum absolute atomic E-state index is 5.48. The average Bonchev–Trinajstić information content (AvgIpc) is 2.82. The molecule has 8 nitrogen and oxygen atoms in total. The number of nitrogens with one attached hydrogen (secondary N) is 1. The number of nitrogens with zero attached hydrogens (tertiary/aromatic N) is 3. The summed E-state index contributed by atoms with van der Waals surface area (Å²) in [6.45, 7) is 0.770. The molecule has 0 spiro atoms. The van der Waals surface area contributed by atoms with Crippen molar-refractivity contribution in [3.63, 3.8) is 0 Å². The normalized spacial score (nSPS) is 12.4. The minimum Gasteiger partial charge on any atom is -0.454 e.